The van der Waals surface area contributed by atoms with E-state index in [4.69, 9.17) is 22.1 Å². The summed E-state index contributed by atoms with van der Waals surface area (Å²) in [7, 11) is 9.92. The zero-order chi connectivity index (χ0) is 87.6. The van der Waals surface area contributed by atoms with Crippen molar-refractivity contribution in [2.75, 3.05) is 0 Å². The normalized spacial score (nSPS) is 11.6. The number of hydrogen-bond donors (Lipinski definition) is 0. The van der Waals surface area contributed by atoms with Crippen LogP contribution in [-0.4, -0.2) is 0 Å². The minimum absolute atomic E-state index is 0.0124. The molecule has 10 heterocycles. The van der Waals surface area contributed by atoms with E-state index >= 15 is 0 Å². The third kappa shape index (κ3) is 14.8. The van der Waals surface area contributed by atoms with Crippen LogP contribution in [0.5, 0.6) is 0 Å². The van der Waals surface area contributed by atoms with Crippen LogP contribution in [0.4, 0.5) is 35.1 Å². The molecular formula is C105H92F8N5O5+5. The largest absolute Gasteiger partial charge is 0.455 e. The van der Waals surface area contributed by atoms with Gasteiger partial charge in [-0.3, -0.25) is 0 Å². The average molecular weight is 1660 g/mol. The predicted molar refractivity (Wildman–Crippen MR) is 472 cm³/mol. The van der Waals surface area contributed by atoms with Crippen molar-refractivity contribution in [3.8, 4) is 56.3 Å². The number of halogens is 8. The number of furan rings is 5. The van der Waals surface area contributed by atoms with Crippen molar-refractivity contribution in [1.29, 1.82) is 0 Å². The Morgan fingerprint density at radius 2 is 0.553 bits per heavy atom. The number of aromatic nitrogens is 5. The molecule has 0 aliphatic carbocycles. The Balaban J connectivity index is 0.000000114. The van der Waals surface area contributed by atoms with E-state index < -0.39 is 23.3 Å². The number of benzene rings is 10. The van der Waals surface area contributed by atoms with Crippen LogP contribution >= 0.6 is 0 Å². The molecule has 0 saturated heterocycles. The Morgan fingerprint density at radius 1 is 0.211 bits per heavy atom. The van der Waals surface area contributed by atoms with Gasteiger partial charge < -0.3 is 22.1 Å². The van der Waals surface area contributed by atoms with Crippen molar-refractivity contribution in [2.24, 2.45) is 35.2 Å². The maximum absolute atomic E-state index is 14.8. The SMILES string of the molecule is Cc1cc[n+](C)c(-c2c(C)cc(C)c3c2oc2cc(F)ccc23)c1.Cc1cc[n+](C)c(-c2c(C)cc(F)c3c2oc2c(C)c(F)ccc23)c1.Cc1cc[n+](C)c(-c2c(C)ccc3c2oc2c(C)c(F)cc(F)c23)c1.Cc1cc[n+](C)c(-c2c(C)ccc3c2oc2cc(F)c(C)c(F)c23)c1.Cc1cc[n+](C)c(-c2c(C)ccc3c2oc2cc(F)cc(C)c23)c1. The van der Waals surface area contributed by atoms with Crippen LogP contribution < -0.4 is 22.8 Å². The van der Waals surface area contributed by atoms with Crippen LogP contribution in [0.25, 0.3) is 166 Å². The Labute approximate surface area is 706 Å². The van der Waals surface area contributed by atoms with Gasteiger partial charge in [0.15, 0.2) is 36.6 Å². The topological polar surface area (TPSA) is 85.1 Å². The second kappa shape index (κ2) is 32.1. The van der Waals surface area contributed by atoms with Crippen molar-refractivity contribution in [1.82, 2.24) is 0 Å². The zero-order valence-corrected chi connectivity index (χ0v) is 72.3. The lowest BCUT2D eigenvalue weighted by Crippen LogP contribution is -2.30. The standard InChI is InChI=1S/3C21H18F2NO.2C21H19FNO/c1-11-7-8-24(4)17(9-11)18-12(2)10-16(23)19-14-5-6-15(22)13(3)20(14)25-21(18)19;1-11-7-8-24(4)17(9-11)18-12(2)5-6-14-19-16(23)10-15(22)13(3)20(19)25-21(14)18;1-11-7-8-24(4)16(9-11)18-12(2)5-6-14-19-17(25-21(14)18)10-15(22)13(3)20(19)23;1-12-7-8-23(4)17(9-12)20-14(3)10-13(2)19-16-6-5-15(22)11-18(16)24-21(19)20;1-12-7-8-23(4)17(9-12)20-13(2)5-6-16-19-14(3)10-15(22)11-18(19)24-21(16)20/h3*5-10H,1-4H3;2*5-11H,1-4H3/q5*+1. The molecule has 0 saturated carbocycles. The molecule has 20 aromatic rings. The number of pyridine rings is 5. The van der Waals surface area contributed by atoms with E-state index in [0.29, 0.717) is 76.9 Å². The molecule has 10 aromatic heterocycles. The van der Waals surface area contributed by atoms with Crippen LogP contribution in [0.15, 0.2) is 217 Å². The minimum Gasteiger partial charge on any atom is -0.455 e. The highest BCUT2D eigenvalue weighted by Gasteiger charge is 2.31. The molecule has 0 spiro atoms. The molecule has 0 aliphatic rings. The van der Waals surface area contributed by atoms with Crippen molar-refractivity contribution >= 4 is 110 Å². The van der Waals surface area contributed by atoms with Crippen molar-refractivity contribution in [2.45, 2.75) is 104 Å². The summed E-state index contributed by atoms with van der Waals surface area (Å²) in [4.78, 5) is 0. The first-order chi connectivity index (χ1) is 58.5. The molecule has 0 unspecified atom stereocenters. The zero-order valence-electron chi connectivity index (χ0n) is 72.3. The second-order valence-electron chi connectivity index (χ2n) is 32.9. The molecule has 0 fully saturated rings. The Kier molecular flexibility index (Phi) is 21.7. The van der Waals surface area contributed by atoms with Crippen molar-refractivity contribution in [3.05, 3.63) is 325 Å². The Bertz CT molecular complexity index is 7800. The van der Waals surface area contributed by atoms with Crippen LogP contribution in [0.1, 0.15) is 83.5 Å². The molecule has 0 N–H and O–H groups in total. The first kappa shape index (κ1) is 83.1. The van der Waals surface area contributed by atoms with Crippen LogP contribution in [-0.2, 0) is 35.2 Å². The lowest BCUT2D eigenvalue weighted by molar-refractivity contribution is -0.660. The van der Waals surface area contributed by atoms with Gasteiger partial charge in [0.2, 0.25) is 28.5 Å². The lowest BCUT2D eigenvalue weighted by atomic mass is 9.96. The first-order valence-corrected chi connectivity index (χ1v) is 40.5. The highest BCUT2D eigenvalue weighted by atomic mass is 19.2. The molecule has 20 rings (SSSR count). The molecule has 618 valence electrons. The molecule has 0 amide bonds. The van der Waals surface area contributed by atoms with E-state index in [1.165, 1.54) is 54.4 Å². The summed E-state index contributed by atoms with van der Waals surface area (Å²) < 4.78 is 154. The van der Waals surface area contributed by atoms with Gasteiger partial charge in [-0.2, -0.15) is 0 Å². The van der Waals surface area contributed by atoms with Gasteiger partial charge in [0.25, 0.3) is 0 Å². The van der Waals surface area contributed by atoms with Crippen molar-refractivity contribution in [3.63, 3.8) is 0 Å². The summed E-state index contributed by atoms with van der Waals surface area (Å²) in [6.45, 7) is 28.9. The van der Waals surface area contributed by atoms with Crippen LogP contribution in [0.2, 0.25) is 0 Å². The van der Waals surface area contributed by atoms with Gasteiger partial charge in [0, 0.05) is 139 Å². The van der Waals surface area contributed by atoms with E-state index in [-0.39, 0.29) is 40.0 Å². The third-order valence-electron chi connectivity index (χ3n) is 23.8. The molecule has 0 aliphatic heterocycles. The summed E-state index contributed by atoms with van der Waals surface area (Å²) in [5, 5.41) is 7.05. The van der Waals surface area contributed by atoms with Gasteiger partial charge in [-0.15, -0.1) is 0 Å². The van der Waals surface area contributed by atoms with Crippen LogP contribution in [0.3, 0.4) is 0 Å². The third-order valence-corrected chi connectivity index (χ3v) is 23.8. The fourth-order valence-electron chi connectivity index (χ4n) is 17.2. The number of hydrogen-bond acceptors (Lipinski definition) is 5. The highest BCUT2D eigenvalue weighted by molar-refractivity contribution is 6.15. The highest BCUT2D eigenvalue weighted by Crippen LogP contribution is 2.46. The molecule has 0 radical (unpaired) electrons. The van der Waals surface area contributed by atoms with E-state index in [9.17, 15) is 35.1 Å². The molecule has 0 bridgehead atoms. The van der Waals surface area contributed by atoms with Crippen LogP contribution in [0, 0.1) is 150 Å². The molecule has 10 nitrogen and oxygen atoms in total. The maximum Gasteiger partial charge on any atom is 0.216 e. The van der Waals surface area contributed by atoms with E-state index in [2.05, 4.69) is 111 Å². The van der Waals surface area contributed by atoms with E-state index in [1.54, 1.807) is 32.0 Å². The summed E-state index contributed by atoms with van der Waals surface area (Å²) >= 11 is 0. The monoisotopic (exact) mass is 1650 g/mol. The lowest BCUT2D eigenvalue weighted by Gasteiger charge is -2.08. The molecular weight excluding hydrogens is 1560 g/mol. The molecule has 10 aromatic carbocycles. The van der Waals surface area contributed by atoms with Gasteiger partial charge in [0.1, 0.15) is 132 Å². The van der Waals surface area contributed by atoms with Crippen molar-refractivity contribution < 1.29 is 80.0 Å². The molecule has 123 heavy (non-hydrogen) atoms. The summed E-state index contributed by atoms with van der Waals surface area (Å²) in [6, 6.07) is 49.1. The maximum atomic E-state index is 14.8. The second-order valence-corrected chi connectivity index (χ2v) is 32.9. The van der Waals surface area contributed by atoms with Gasteiger partial charge >= 0.3 is 0 Å². The molecule has 0 atom stereocenters. The Morgan fingerprint density at radius 3 is 1.04 bits per heavy atom. The van der Waals surface area contributed by atoms with Gasteiger partial charge in [-0.1, -0.05) is 42.5 Å². The summed E-state index contributed by atoms with van der Waals surface area (Å²) in [6.07, 6.45) is 10.0. The quantitative estimate of drug-likeness (QED) is 0.127. The van der Waals surface area contributed by atoms with Gasteiger partial charge in [-0.25, -0.2) is 58.0 Å². The Hall–Kier alpha value is -13.6. The average Bonchev–Trinajstić information content (AvgIpc) is 1.60. The predicted octanol–water partition coefficient (Wildman–Crippen LogP) is 26.1. The minimum atomic E-state index is -0.597. The number of fused-ring (bicyclic) bond motifs is 15. The summed E-state index contributed by atoms with van der Waals surface area (Å²) in [5.41, 5.74) is 28.8. The number of nitrogens with zero attached hydrogens (tertiary/aromatic N) is 5. The fourth-order valence-corrected chi connectivity index (χ4v) is 17.2. The van der Waals surface area contributed by atoms with Gasteiger partial charge in [-0.05, 0) is 207 Å². The summed E-state index contributed by atoms with van der Waals surface area (Å²) in [5.74, 6) is -3.59. The smallest absolute Gasteiger partial charge is 0.216 e. The van der Waals surface area contributed by atoms with E-state index in [0.717, 1.165) is 151 Å². The van der Waals surface area contributed by atoms with E-state index in [1.807, 2.05) is 165 Å². The first-order valence-electron chi connectivity index (χ1n) is 40.5. The number of rotatable bonds is 5. The number of aryl methyl sites for hydroxylation is 19. The fraction of sp³-hybridized carbons (Fsp3) is 0.190. The van der Waals surface area contributed by atoms with Gasteiger partial charge in [0.05, 0.1) is 44.0 Å². The molecule has 18 heteroatoms.